The van der Waals surface area contributed by atoms with Crippen molar-refractivity contribution in [2.24, 2.45) is 0 Å². The number of nitrogens with one attached hydrogen (secondary N) is 1. The minimum Gasteiger partial charge on any atom is -0.309 e. The molecule has 1 nitrogen and oxygen atoms in total. The first-order valence-corrected chi connectivity index (χ1v) is 6.22. The summed E-state index contributed by atoms with van der Waals surface area (Å²) in [7, 11) is 1.74. The van der Waals surface area contributed by atoms with Gasteiger partial charge in [-0.3, -0.25) is 0 Å². The first-order chi connectivity index (χ1) is 9.02. The van der Waals surface area contributed by atoms with Crippen LogP contribution in [0.1, 0.15) is 28.3 Å². The first kappa shape index (κ1) is 13.7. The minimum atomic E-state index is -0.429. The molecule has 0 spiro atoms. The van der Waals surface area contributed by atoms with Gasteiger partial charge in [0.05, 0.1) is 6.04 Å². The molecule has 2 aromatic rings. The molecule has 0 bridgehead atoms. The van der Waals surface area contributed by atoms with Crippen molar-refractivity contribution in [1.82, 2.24) is 5.32 Å². The highest BCUT2D eigenvalue weighted by atomic mass is 19.1. The highest BCUT2D eigenvalue weighted by Gasteiger charge is 2.18. The van der Waals surface area contributed by atoms with Gasteiger partial charge in [0.1, 0.15) is 11.6 Å². The Morgan fingerprint density at radius 3 is 2.32 bits per heavy atom. The second-order valence-corrected chi connectivity index (χ2v) is 4.75. The fourth-order valence-electron chi connectivity index (χ4n) is 2.36. The van der Waals surface area contributed by atoms with Gasteiger partial charge in [0.25, 0.3) is 0 Å². The molecule has 0 aliphatic carbocycles. The van der Waals surface area contributed by atoms with E-state index in [1.54, 1.807) is 7.05 Å². The highest BCUT2D eigenvalue weighted by Crippen LogP contribution is 2.27. The van der Waals surface area contributed by atoms with Crippen molar-refractivity contribution in [2.45, 2.75) is 19.9 Å². The Hall–Kier alpha value is -1.74. The Morgan fingerprint density at radius 1 is 0.947 bits per heavy atom. The average molecular weight is 261 g/mol. The van der Waals surface area contributed by atoms with Gasteiger partial charge in [-0.05, 0) is 50.2 Å². The van der Waals surface area contributed by atoms with E-state index in [-0.39, 0.29) is 6.04 Å². The molecule has 2 rings (SSSR count). The third-order valence-corrected chi connectivity index (χ3v) is 3.29. The zero-order chi connectivity index (χ0) is 14.0. The third-order valence-electron chi connectivity index (χ3n) is 3.29. The summed E-state index contributed by atoms with van der Waals surface area (Å²) >= 11 is 0. The third kappa shape index (κ3) is 2.82. The van der Waals surface area contributed by atoms with Crippen molar-refractivity contribution >= 4 is 0 Å². The van der Waals surface area contributed by atoms with Crippen molar-refractivity contribution < 1.29 is 8.78 Å². The summed E-state index contributed by atoms with van der Waals surface area (Å²) in [6.45, 7) is 3.98. The van der Waals surface area contributed by atoms with Crippen LogP contribution in [0.4, 0.5) is 8.78 Å². The van der Waals surface area contributed by atoms with Gasteiger partial charge in [0.2, 0.25) is 0 Å². The van der Waals surface area contributed by atoms with Crippen molar-refractivity contribution in [1.29, 1.82) is 0 Å². The Kier molecular flexibility index (Phi) is 3.96. The molecule has 100 valence electrons. The van der Waals surface area contributed by atoms with E-state index < -0.39 is 11.6 Å². The fourth-order valence-corrected chi connectivity index (χ4v) is 2.36. The van der Waals surface area contributed by atoms with E-state index >= 15 is 0 Å². The molecule has 1 N–H and O–H groups in total. The Balaban J connectivity index is 2.52. The molecular formula is C16H17F2N. The molecule has 19 heavy (non-hydrogen) atoms. The maximum Gasteiger partial charge on any atom is 0.128 e. The summed E-state index contributed by atoms with van der Waals surface area (Å²) in [5.74, 6) is -0.831. The summed E-state index contributed by atoms with van der Waals surface area (Å²) in [5.41, 5.74) is 3.49. The van der Waals surface area contributed by atoms with E-state index in [2.05, 4.69) is 5.32 Å². The van der Waals surface area contributed by atoms with Gasteiger partial charge in [0.15, 0.2) is 0 Å². The van der Waals surface area contributed by atoms with Crippen LogP contribution in [-0.2, 0) is 0 Å². The molecule has 0 saturated heterocycles. The lowest BCUT2D eigenvalue weighted by atomic mass is 9.93. The minimum absolute atomic E-state index is 0.328. The number of hydrogen-bond donors (Lipinski definition) is 1. The van der Waals surface area contributed by atoms with Gasteiger partial charge in [-0.25, -0.2) is 8.78 Å². The van der Waals surface area contributed by atoms with Gasteiger partial charge < -0.3 is 5.32 Å². The fraction of sp³-hybridized carbons (Fsp3) is 0.250. The maximum atomic E-state index is 13.9. The normalized spacial score (nSPS) is 12.5. The lowest BCUT2D eigenvalue weighted by Crippen LogP contribution is -2.20. The topological polar surface area (TPSA) is 12.0 Å². The standard InChI is InChI=1S/C16H17F2N/c1-10-4-6-13(11(2)8-10)16(19-3)14-9-12(17)5-7-15(14)18/h4-9,16,19H,1-3H3. The SMILES string of the molecule is CNC(c1ccc(C)cc1C)c1cc(F)ccc1F. The van der Waals surface area contributed by atoms with Crippen LogP contribution in [0.2, 0.25) is 0 Å². The second kappa shape index (κ2) is 5.49. The summed E-state index contributed by atoms with van der Waals surface area (Å²) in [6, 6.07) is 9.16. The predicted octanol–water partition coefficient (Wildman–Crippen LogP) is 3.89. The molecule has 0 aliphatic heterocycles. The number of hydrogen-bond acceptors (Lipinski definition) is 1. The second-order valence-electron chi connectivity index (χ2n) is 4.75. The molecule has 0 aliphatic rings. The summed E-state index contributed by atoms with van der Waals surface area (Å²) in [6.07, 6.45) is 0. The van der Waals surface area contributed by atoms with Crippen molar-refractivity contribution in [3.63, 3.8) is 0 Å². The molecule has 3 heteroatoms. The van der Waals surface area contributed by atoms with Gasteiger partial charge in [-0.2, -0.15) is 0 Å². The predicted molar refractivity (Wildman–Crippen MR) is 73.2 cm³/mol. The van der Waals surface area contributed by atoms with Gasteiger partial charge in [-0.1, -0.05) is 23.8 Å². The summed E-state index contributed by atoms with van der Waals surface area (Å²) in [4.78, 5) is 0. The highest BCUT2D eigenvalue weighted by molar-refractivity contribution is 5.39. The van der Waals surface area contributed by atoms with Crippen LogP contribution < -0.4 is 5.32 Å². The maximum absolute atomic E-state index is 13.9. The smallest absolute Gasteiger partial charge is 0.128 e. The van der Waals surface area contributed by atoms with Crippen molar-refractivity contribution in [2.75, 3.05) is 7.05 Å². The van der Waals surface area contributed by atoms with Crippen LogP contribution in [0.25, 0.3) is 0 Å². The molecule has 2 aromatic carbocycles. The molecule has 0 radical (unpaired) electrons. The number of halogens is 2. The van der Waals surface area contributed by atoms with Gasteiger partial charge in [0, 0.05) is 5.56 Å². The molecular weight excluding hydrogens is 244 g/mol. The first-order valence-electron chi connectivity index (χ1n) is 6.22. The van der Waals surface area contributed by atoms with E-state index in [9.17, 15) is 8.78 Å². The molecule has 0 saturated carbocycles. The van der Waals surface area contributed by atoms with E-state index in [0.717, 1.165) is 22.8 Å². The van der Waals surface area contributed by atoms with E-state index in [0.29, 0.717) is 5.56 Å². The van der Waals surface area contributed by atoms with E-state index in [1.807, 2.05) is 32.0 Å². The van der Waals surface area contributed by atoms with Crippen LogP contribution in [0.3, 0.4) is 0 Å². The van der Waals surface area contributed by atoms with E-state index in [4.69, 9.17) is 0 Å². The zero-order valence-corrected chi connectivity index (χ0v) is 11.3. The molecule has 1 unspecified atom stereocenters. The van der Waals surface area contributed by atoms with Crippen LogP contribution in [0, 0.1) is 25.5 Å². The summed E-state index contributed by atoms with van der Waals surface area (Å²) in [5, 5.41) is 3.06. The number of benzene rings is 2. The van der Waals surface area contributed by atoms with Crippen LogP contribution in [-0.4, -0.2) is 7.05 Å². The van der Waals surface area contributed by atoms with Crippen LogP contribution >= 0.6 is 0 Å². The quantitative estimate of drug-likeness (QED) is 0.883. The zero-order valence-electron chi connectivity index (χ0n) is 11.3. The molecule has 0 heterocycles. The van der Waals surface area contributed by atoms with E-state index in [1.165, 1.54) is 12.1 Å². The summed E-state index contributed by atoms with van der Waals surface area (Å²) < 4.78 is 27.2. The van der Waals surface area contributed by atoms with Gasteiger partial charge in [-0.15, -0.1) is 0 Å². The molecule has 0 fully saturated rings. The molecule has 0 aromatic heterocycles. The number of rotatable bonds is 3. The Bertz CT molecular complexity index is 593. The lowest BCUT2D eigenvalue weighted by Gasteiger charge is -2.20. The number of aryl methyl sites for hydroxylation is 2. The van der Waals surface area contributed by atoms with Crippen LogP contribution in [0.15, 0.2) is 36.4 Å². The lowest BCUT2D eigenvalue weighted by molar-refractivity contribution is 0.557. The Morgan fingerprint density at radius 2 is 1.68 bits per heavy atom. The van der Waals surface area contributed by atoms with Crippen LogP contribution in [0.5, 0.6) is 0 Å². The van der Waals surface area contributed by atoms with Crippen molar-refractivity contribution in [3.8, 4) is 0 Å². The molecule has 0 amide bonds. The van der Waals surface area contributed by atoms with Crippen molar-refractivity contribution in [3.05, 3.63) is 70.3 Å². The average Bonchev–Trinajstić information content (AvgIpc) is 2.36. The van der Waals surface area contributed by atoms with Gasteiger partial charge >= 0.3 is 0 Å². The monoisotopic (exact) mass is 261 g/mol. The molecule has 1 atom stereocenters. The Labute approximate surface area is 112 Å². The largest absolute Gasteiger partial charge is 0.309 e.